The van der Waals surface area contributed by atoms with E-state index in [1.54, 1.807) is 0 Å². The molecule has 0 saturated heterocycles. The van der Waals surface area contributed by atoms with Crippen LogP contribution < -0.4 is 4.74 Å². The number of benzene rings is 4. The molecule has 0 aliphatic rings. The Balaban J connectivity index is 1.65. The second-order valence-electron chi connectivity index (χ2n) is 6.33. The monoisotopic (exact) mass is 324 g/mol. The number of aryl methyl sites for hydroxylation is 1. The summed E-state index contributed by atoms with van der Waals surface area (Å²) in [7, 11) is 0. The van der Waals surface area contributed by atoms with Crippen LogP contribution in [0, 0.1) is 6.92 Å². The third-order valence-electron chi connectivity index (χ3n) is 4.43. The predicted molar refractivity (Wildman–Crippen MR) is 105 cm³/mol. The molecule has 0 heterocycles. The molecular weight excluding hydrogens is 304 g/mol. The maximum absolute atomic E-state index is 5.99. The van der Waals surface area contributed by atoms with E-state index in [1.807, 2.05) is 24.3 Å². The Labute approximate surface area is 148 Å². The molecule has 1 heteroatoms. The van der Waals surface area contributed by atoms with Crippen LogP contribution in [0.4, 0.5) is 0 Å². The van der Waals surface area contributed by atoms with Crippen LogP contribution in [-0.2, 0) is 6.61 Å². The summed E-state index contributed by atoms with van der Waals surface area (Å²) in [4.78, 5) is 0. The van der Waals surface area contributed by atoms with Crippen molar-refractivity contribution in [3.63, 3.8) is 0 Å². The van der Waals surface area contributed by atoms with E-state index in [1.165, 1.54) is 33.0 Å². The van der Waals surface area contributed by atoms with Crippen molar-refractivity contribution in [3.05, 3.63) is 102 Å². The standard InChI is InChI=1S/C24H20O/c1-18-13-14-24-20(15-18)10-6-12-23(24)21-9-5-11-22(16-21)25-17-19-7-3-2-4-8-19/h2-16H,17H2,1H3. The average Bonchev–Trinajstić information content (AvgIpc) is 2.67. The molecular formula is C24H20O. The van der Waals surface area contributed by atoms with Crippen LogP contribution in [-0.4, -0.2) is 0 Å². The molecule has 0 unspecified atom stereocenters. The average molecular weight is 324 g/mol. The second kappa shape index (κ2) is 6.82. The third kappa shape index (κ3) is 3.41. The van der Waals surface area contributed by atoms with Gasteiger partial charge in [-0.3, -0.25) is 0 Å². The van der Waals surface area contributed by atoms with Crippen molar-refractivity contribution in [2.75, 3.05) is 0 Å². The molecule has 4 aromatic rings. The van der Waals surface area contributed by atoms with Crippen LogP contribution in [0.2, 0.25) is 0 Å². The Hall–Kier alpha value is -3.06. The predicted octanol–water partition coefficient (Wildman–Crippen LogP) is 6.39. The van der Waals surface area contributed by atoms with Crippen LogP contribution >= 0.6 is 0 Å². The van der Waals surface area contributed by atoms with Crippen molar-refractivity contribution >= 4 is 10.8 Å². The second-order valence-corrected chi connectivity index (χ2v) is 6.33. The van der Waals surface area contributed by atoms with Gasteiger partial charge in [0.05, 0.1) is 0 Å². The Morgan fingerprint density at radius 2 is 1.56 bits per heavy atom. The summed E-state index contributed by atoms with van der Waals surface area (Å²) in [6.07, 6.45) is 0. The van der Waals surface area contributed by atoms with Gasteiger partial charge in [0.15, 0.2) is 0 Å². The molecule has 0 N–H and O–H groups in total. The van der Waals surface area contributed by atoms with Gasteiger partial charge in [-0.25, -0.2) is 0 Å². The quantitative estimate of drug-likeness (QED) is 0.422. The lowest BCUT2D eigenvalue weighted by atomic mass is 9.97. The summed E-state index contributed by atoms with van der Waals surface area (Å²) in [6.45, 7) is 2.71. The number of hydrogen-bond donors (Lipinski definition) is 0. The van der Waals surface area contributed by atoms with Crippen LogP contribution in [0.1, 0.15) is 11.1 Å². The van der Waals surface area contributed by atoms with E-state index in [0.717, 1.165) is 5.75 Å². The van der Waals surface area contributed by atoms with Gasteiger partial charge in [0.25, 0.3) is 0 Å². The van der Waals surface area contributed by atoms with Crippen LogP contribution in [0.15, 0.2) is 91.0 Å². The first kappa shape index (κ1) is 15.5. The Morgan fingerprint density at radius 1 is 0.720 bits per heavy atom. The highest BCUT2D eigenvalue weighted by atomic mass is 16.5. The molecule has 0 atom stereocenters. The molecule has 1 nitrogen and oxygen atoms in total. The first-order chi connectivity index (χ1) is 12.3. The molecule has 0 spiro atoms. The van der Waals surface area contributed by atoms with Gasteiger partial charge in [0, 0.05) is 0 Å². The number of hydrogen-bond acceptors (Lipinski definition) is 1. The largest absolute Gasteiger partial charge is 0.489 e. The van der Waals surface area contributed by atoms with E-state index >= 15 is 0 Å². The summed E-state index contributed by atoms with van der Waals surface area (Å²) >= 11 is 0. The molecule has 0 aliphatic heterocycles. The Morgan fingerprint density at radius 3 is 2.44 bits per heavy atom. The maximum atomic E-state index is 5.99. The molecule has 0 aromatic heterocycles. The van der Waals surface area contributed by atoms with Crippen LogP contribution in [0.5, 0.6) is 5.75 Å². The third-order valence-corrected chi connectivity index (χ3v) is 4.43. The zero-order chi connectivity index (χ0) is 17.1. The topological polar surface area (TPSA) is 9.23 Å². The summed E-state index contributed by atoms with van der Waals surface area (Å²) in [5, 5.41) is 2.54. The van der Waals surface area contributed by atoms with Crippen LogP contribution in [0.3, 0.4) is 0 Å². The van der Waals surface area contributed by atoms with Crippen molar-refractivity contribution < 1.29 is 4.74 Å². The van der Waals surface area contributed by atoms with E-state index in [-0.39, 0.29) is 0 Å². The summed E-state index contributed by atoms with van der Waals surface area (Å²) in [5.74, 6) is 0.894. The minimum Gasteiger partial charge on any atom is -0.489 e. The van der Waals surface area contributed by atoms with Crippen molar-refractivity contribution in [3.8, 4) is 16.9 Å². The highest BCUT2D eigenvalue weighted by Crippen LogP contribution is 2.31. The lowest BCUT2D eigenvalue weighted by Crippen LogP contribution is -1.95. The van der Waals surface area contributed by atoms with Crippen molar-refractivity contribution in [2.24, 2.45) is 0 Å². The van der Waals surface area contributed by atoms with Crippen LogP contribution in [0.25, 0.3) is 21.9 Å². The minimum absolute atomic E-state index is 0.582. The fourth-order valence-corrected chi connectivity index (χ4v) is 3.15. The van der Waals surface area contributed by atoms with Gasteiger partial charge < -0.3 is 4.74 Å². The first-order valence-corrected chi connectivity index (χ1v) is 8.56. The highest BCUT2D eigenvalue weighted by molar-refractivity contribution is 5.97. The normalized spacial score (nSPS) is 10.8. The zero-order valence-corrected chi connectivity index (χ0v) is 14.3. The fourth-order valence-electron chi connectivity index (χ4n) is 3.15. The van der Waals surface area contributed by atoms with E-state index in [4.69, 9.17) is 4.74 Å². The Bertz CT molecular complexity index is 1000. The Kier molecular flexibility index (Phi) is 4.22. The molecule has 0 amide bonds. The summed E-state index contributed by atoms with van der Waals surface area (Å²) in [6, 6.07) is 31.7. The smallest absolute Gasteiger partial charge is 0.120 e. The van der Waals surface area contributed by atoms with Gasteiger partial charge in [-0.1, -0.05) is 84.4 Å². The summed E-state index contributed by atoms with van der Waals surface area (Å²) < 4.78 is 5.99. The molecule has 4 aromatic carbocycles. The molecule has 122 valence electrons. The van der Waals surface area contributed by atoms with E-state index in [9.17, 15) is 0 Å². The van der Waals surface area contributed by atoms with E-state index < -0.39 is 0 Å². The molecule has 0 fully saturated rings. The van der Waals surface area contributed by atoms with Crippen molar-refractivity contribution in [2.45, 2.75) is 13.5 Å². The van der Waals surface area contributed by atoms with Gasteiger partial charge in [-0.15, -0.1) is 0 Å². The maximum Gasteiger partial charge on any atom is 0.120 e. The molecule has 4 rings (SSSR count). The number of fused-ring (bicyclic) bond motifs is 1. The van der Waals surface area contributed by atoms with E-state index in [0.29, 0.717) is 6.61 Å². The van der Waals surface area contributed by atoms with Gasteiger partial charge in [0.1, 0.15) is 12.4 Å². The number of rotatable bonds is 4. The lowest BCUT2D eigenvalue weighted by molar-refractivity contribution is 0.306. The van der Waals surface area contributed by atoms with Crippen molar-refractivity contribution in [1.82, 2.24) is 0 Å². The SMILES string of the molecule is Cc1ccc2c(-c3cccc(OCc4ccccc4)c3)cccc2c1. The van der Waals surface area contributed by atoms with Crippen molar-refractivity contribution in [1.29, 1.82) is 0 Å². The van der Waals surface area contributed by atoms with E-state index in [2.05, 4.69) is 73.7 Å². The van der Waals surface area contributed by atoms with Gasteiger partial charge >= 0.3 is 0 Å². The fraction of sp³-hybridized carbons (Fsp3) is 0.0833. The highest BCUT2D eigenvalue weighted by Gasteiger charge is 2.05. The summed E-state index contributed by atoms with van der Waals surface area (Å²) in [5.41, 5.74) is 4.88. The minimum atomic E-state index is 0.582. The van der Waals surface area contributed by atoms with Gasteiger partial charge in [0.2, 0.25) is 0 Å². The lowest BCUT2D eigenvalue weighted by Gasteiger charge is -2.11. The first-order valence-electron chi connectivity index (χ1n) is 8.56. The molecule has 0 aliphatic carbocycles. The zero-order valence-electron chi connectivity index (χ0n) is 14.3. The molecule has 0 saturated carbocycles. The van der Waals surface area contributed by atoms with Gasteiger partial charge in [-0.05, 0) is 46.5 Å². The molecule has 25 heavy (non-hydrogen) atoms. The molecule has 0 bridgehead atoms. The number of ether oxygens (including phenoxy) is 1. The molecule has 0 radical (unpaired) electrons. The van der Waals surface area contributed by atoms with Gasteiger partial charge in [-0.2, -0.15) is 0 Å².